The lowest BCUT2D eigenvalue weighted by atomic mass is 9.87. The van der Waals surface area contributed by atoms with E-state index < -0.39 is 11.7 Å². The van der Waals surface area contributed by atoms with Crippen molar-refractivity contribution in [1.29, 1.82) is 0 Å². The van der Waals surface area contributed by atoms with Crippen molar-refractivity contribution in [3.63, 3.8) is 0 Å². The van der Waals surface area contributed by atoms with E-state index in [1.54, 1.807) is 0 Å². The monoisotopic (exact) mass is 301 g/mol. The van der Waals surface area contributed by atoms with E-state index in [9.17, 15) is 18.0 Å². The molecule has 0 heterocycles. The normalized spacial score (nSPS) is 13.5. The van der Waals surface area contributed by atoms with Gasteiger partial charge in [-0.15, -0.1) is 0 Å². The van der Waals surface area contributed by atoms with Crippen molar-refractivity contribution in [1.82, 2.24) is 0 Å². The second-order valence-corrected chi connectivity index (χ2v) is 5.62. The fraction of sp³-hybridized carbons (Fsp3) is 0.562. The number of hydrogen-bond acceptors (Lipinski definition) is 2. The lowest BCUT2D eigenvalue weighted by Gasteiger charge is -2.19. The first-order valence-corrected chi connectivity index (χ1v) is 7.16. The van der Waals surface area contributed by atoms with Crippen molar-refractivity contribution >= 4 is 5.78 Å². The van der Waals surface area contributed by atoms with Crippen molar-refractivity contribution in [2.45, 2.75) is 39.3 Å². The minimum Gasteiger partial charge on any atom is -0.330 e. The predicted octanol–water partition coefficient (Wildman–Crippen LogP) is 4.29. The van der Waals surface area contributed by atoms with Gasteiger partial charge in [0.25, 0.3) is 0 Å². The predicted molar refractivity (Wildman–Crippen MR) is 77.0 cm³/mol. The molecule has 0 amide bonds. The molecule has 0 fully saturated rings. The van der Waals surface area contributed by atoms with Crippen LogP contribution >= 0.6 is 0 Å². The highest BCUT2D eigenvalue weighted by Gasteiger charge is 2.30. The first kappa shape index (κ1) is 17.7. The smallest absolute Gasteiger partial charge is 0.330 e. The highest BCUT2D eigenvalue weighted by Crippen LogP contribution is 2.29. The van der Waals surface area contributed by atoms with E-state index in [0.717, 1.165) is 18.6 Å². The quantitative estimate of drug-likeness (QED) is 0.763. The zero-order chi connectivity index (χ0) is 16.0. The third-order valence-corrected chi connectivity index (χ3v) is 3.76. The third kappa shape index (κ3) is 5.50. The van der Waals surface area contributed by atoms with E-state index in [0.29, 0.717) is 36.8 Å². The molecule has 0 saturated heterocycles. The van der Waals surface area contributed by atoms with Crippen molar-refractivity contribution in [2.24, 2.45) is 17.6 Å². The Kier molecular flexibility index (Phi) is 6.40. The molecule has 1 aromatic rings. The summed E-state index contributed by atoms with van der Waals surface area (Å²) in [5.74, 6) is 0.689. The molecule has 5 heteroatoms. The Balaban J connectivity index is 2.63. The Morgan fingerprint density at radius 2 is 1.71 bits per heavy atom. The van der Waals surface area contributed by atoms with Crippen molar-refractivity contribution in [3.8, 4) is 0 Å². The maximum Gasteiger partial charge on any atom is 0.416 e. The Morgan fingerprint density at radius 3 is 2.14 bits per heavy atom. The number of carbonyl (C=O) groups excluding carboxylic acids is 1. The standard InChI is InChI=1S/C16H22F3NO/c1-11(2)12(9-10-20)5-8-15(21)13-3-6-14(7-4-13)16(17,18)19/h3-4,6-7,11-12H,5,8-10,20H2,1-2H3. The second kappa shape index (κ2) is 7.59. The minimum atomic E-state index is -4.37. The van der Waals surface area contributed by atoms with Crippen molar-refractivity contribution in [2.75, 3.05) is 6.54 Å². The van der Waals surface area contributed by atoms with E-state index in [1.807, 2.05) is 0 Å². The summed E-state index contributed by atoms with van der Waals surface area (Å²) < 4.78 is 37.4. The molecule has 2 nitrogen and oxygen atoms in total. The summed E-state index contributed by atoms with van der Waals surface area (Å²) in [7, 11) is 0. The summed E-state index contributed by atoms with van der Waals surface area (Å²) in [6.45, 7) is 4.75. The van der Waals surface area contributed by atoms with Gasteiger partial charge in [0.1, 0.15) is 0 Å². The molecule has 0 aromatic heterocycles. The van der Waals surface area contributed by atoms with Crippen LogP contribution in [0, 0.1) is 11.8 Å². The van der Waals surface area contributed by atoms with Crippen LogP contribution < -0.4 is 5.73 Å². The number of nitrogens with two attached hydrogens (primary N) is 1. The largest absolute Gasteiger partial charge is 0.416 e. The van der Waals surface area contributed by atoms with Crippen LogP contribution in [0.2, 0.25) is 0 Å². The molecule has 0 radical (unpaired) electrons. The van der Waals surface area contributed by atoms with E-state index >= 15 is 0 Å². The summed E-state index contributed by atoms with van der Waals surface area (Å²) >= 11 is 0. The number of Topliss-reactive ketones (excluding diaryl/α,β-unsaturated/α-hetero) is 1. The zero-order valence-corrected chi connectivity index (χ0v) is 12.4. The molecule has 0 saturated carbocycles. The van der Waals surface area contributed by atoms with Gasteiger partial charge in [0.2, 0.25) is 0 Å². The lowest BCUT2D eigenvalue weighted by molar-refractivity contribution is -0.137. The molecule has 1 unspecified atom stereocenters. The van der Waals surface area contributed by atoms with Crippen LogP contribution in [0.25, 0.3) is 0 Å². The highest BCUT2D eigenvalue weighted by atomic mass is 19.4. The fourth-order valence-electron chi connectivity index (χ4n) is 2.33. The van der Waals surface area contributed by atoms with Gasteiger partial charge in [-0.25, -0.2) is 0 Å². The number of ketones is 1. The van der Waals surface area contributed by atoms with E-state index in [-0.39, 0.29) is 5.78 Å². The molecular weight excluding hydrogens is 279 g/mol. The number of alkyl halides is 3. The summed E-state index contributed by atoms with van der Waals surface area (Å²) in [4.78, 5) is 12.0. The fourth-order valence-corrected chi connectivity index (χ4v) is 2.33. The molecule has 0 aliphatic heterocycles. The Hall–Kier alpha value is -1.36. The van der Waals surface area contributed by atoms with Crippen LogP contribution in [0.5, 0.6) is 0 Å². The molecule has 2 N–H and O–H groups in total. The first-order valence-electron chi connectivity index (χ1n) is 7.16. The molecule has 118 valence electrons. The van der Waals surface area contributed by atoms with Gasteiger partial charge in [0.05, 0.1) is 5.56 Å². The Labute approximate surface area is 123 Å². The molecular formula is C16H22F3NO. The van der Waals surface area contributed by atoms with Gasteiger partial charge in [0, 0.05) is 12.0 Å². The SMILES string of the molecule is CC(C)C(CCN)CCC(=O)c1ccc(C(F)(F)F)cc1. The van der Waals surface area contributed by atoms with E-state index in [1.165, 1.54) is 12.1 Å². The first-order chi connectivity index (χ1) is 9.75. The summed E-state index contributed by atoms with van der Waals surface area (Å²) in [6.07, 6.45) is -2.45. The lowest BCUT2D eigenvalue weighted by Crippen LogP contribution is -2.16. The molecule has 21 heavy (non-hydrogen) atoms. The molecule has 1 aromatic carbocycles. The van der Waals surface area contributed by atoms with Crippen LogP contribution in [0.3, 0.4) is 0 Å². The van der Waals surface area contributed by atoms with Gasteiger partial charge >= 0.3 is 6.18 Å². The molecule has 1 rings (SSSR count). The van der Waals surface area contributed by atoms with Gasteiger partial charge in [-0.05, 0) is 43.4 Å². The van der Waals surface area contributed by atoms with Crippen molar-refractivity contribution in [3.05, 3.63) is 35.4 Å². The van der Waals surface area contributed by atoms with E-state index in [4.69, 9.17) is 5.73 Å². The van der Waals surface area contributed by atoms with Crippen LogP contribution in [0.1, 0.15) is 49.0 Å². The number of halogens is 3. The second-order valence-electron chi connectivity index (χ2n) is 5.62. The topological polar surface area (TPSA) is 43.1 Å². The van der Waals surface area contributed by atoms with Crippen LogP contribution in [-0.4, -0.2) is 12.3 Å². The average molecular weight is 301 g/mol. The van der Waals surface area contributed by atoms with Crippen LogP contribution in [0.15, 0.2) is 24.3 Å². The Morgan fingerprint density at radius 1 is 1.14 bits per heavy atom. The molecule has 0 aliphatic carbocycles. The maximum absolute atomic E-state index is 12.5. The number of hydrogen-bond donors (Lipinski definition) is 1. The maximum atomic E-state index is 12.5. The van der Waals surface area contributed by atoms with Gasteiger partial charge in [-0.2, -0.15) is 13.2 Å². The van der Waals surface area contributed by atoms with Gasteiger partial charge in [-0.1, -0.05) is 26.0 Å². The molecule has 0 spiro atoms. The Bertz CT molecular complexity index is 452. The zero-order valence-electron chi connectivity index (χ0n) is 12.4. The summed E-state index contributed by atoms with van der Waals surface area (Å²) in [6, 6.07) is 4.40. The van der Waals surface area contributed by atoms with Gasteiger partial charge in [-0.3, -0.25) is 4.79 Å². The summed E-state index contributed by atoms with van der Waals surface area (Å²) in [5, 5.41) is 0. The number of rotatable bonds is 7. The number of carbonyl (C=O) groups is 1. The average Bonchev–Trinajstić information content (AvgIpc) is 2.42. The minimum absolute atomic E-state index is 0.119. The van der Waals surface area contributed by atoms with Crippen LogP contribution in [0.4, 0.5) is 13.2 Å². The van der Waals surface area contributed by atoms with Crippen molar-refractivity contribution < 1.29 is 18.0 Å². The van der Waals surface area contributed by atoms with Gasteiger partial charge < -0.3 is 5.73 Å². The molecule has 0 bridgehead atoms. The summed E-state index contributed by atoms with van der Waals surface area (Å²) in [5.41, 5.74) is 5.15. The highest BCUT2D eigenvalue weighted by molar-refractivity contribution is 5.96. The molecule has 0 aliphatic rings. The van der Waals surface area contributed by atoms with E-state index in [2.05, 4.69) is 13.8 Å². The van der Waals surface area contributed by atoms with Gasteiger partial charge in [0.15, 0.2) is 5.78 Å². The van der Waals surface area contributed by atoms with Crippen LogP contribution in [-0.2, 0) is 6.18 Å². The third-order valence-electron chi connectivity index (χ3n) is 3.76. The number of benzene rings is 1. The molecule has 1 atom stereocenters.